The number of aromatic nitrogens is 1. The molecule has 1 N–H and O–H groups in total. The van der Waals surface area contributed by atoms with Gasteiger partial charge in [0, 0.05) is 55.6 Å². The topological polar surface area (TPSA) is 56.2 Å². The number of nitrogens with zero attached hydrogens (tertiary/aromatic N) is 2. The van der Waals surface area contributed by atoms with Gasteiger partial charge in [-0.3, -0.25) is 4.79 Å². The molecule has 0 atom stereocenters. The summed E-state index contributed by atoms with van der Waals surface area (Å²) in [5.41, 5.74) is 1.99. The maximum atomic E-state index is 12.5. The van der Waals surface area contributed by atoms with Crippen LogP contribution in [0.2, 0.25) is 0 Å². The predicted octanol–water partition coefficient (Wildman–Crippen LogP) is 1.88. The quantitative estimate of drug-likeness (QED) is 0.770. The lowest BCUT2D eigenvalue weighted by molar-refractivity contribution is -0.377. The second-order valence-corrected chi connectivity index (χ2v) is 5.99. The van der Waals surface area contributed by atoms with Crippen LogP contribution in [0.3, 0.4) is 0 Å². The lowest BCUT2D eigenvalue weighted by Gasteiger charge is -2.35. The molecule has 1 fully saturated rings. The molecule has 1 saturated heterocycles. The van der Waals surface area contributed by atoms with Crippen LogP contribution in [0, 0.1) is 0 Å². The van der Waals surface area contributed by atoms with Crippen molar-refractivity contribution in [2.75, 3.05) is 45.3 Å². The number of piperazine rings is 1. The molecule has 2 aromatic rings. The molecule has 0 saturated carbocycles. The fourth-order valence-electron chi connectivity index (χ4n) is 3.08. The van der Waals surface area contributed by atoms with Crippen LogP contribution in [0.25, 0.3) is 6.08 Å². The Labute approximate surface area is 153 Å². The van der Waals surface area contributed by atoms with Crippen LogP contribution in [0.4, 0.5) is 5.69 Å². The number of hydrogen-bond donors (Lipinski definition) is 0. The van der Waals surface area contributed by atoms with Gasteiger partial charge in [0.05, 0.1) is 14.2 Å². The van der Waals surface area contributed by atoms with Gasteiger partial charge in [-0.05, 0) is 12.1 Å². The van der Waals surface area contributed by atoms with E-state index in [4.69, 9.17) is 9.47 Å². The van der Waals surface area contributed by atoms with Crippen molar-refractivity contribution in [2.45, 2.75) is 0 Å². The molecule has 1 aliphatic rings. The highest BCUT2D eigenvalue weighted by molar-refractivity contribution is 5.92. The first-order chi connectivity index (χ1) is 12.7. The third kappa shape index (κ3) is 3.96. The summed E-state index contributed by atoms with van der Waals surface area (Å²) in [7, 11) is 3.19. The van der Waals surface area contributed by atoms with Crippen LogP contribution in [0.5, 0.6) is 11.5 Å². The van der Waals surface area contributed by atoms with E-state index >= 15 is 0 Å². The maximum Gasteiger partial charge on any atom is 0.246 e. The molecule has 3 rings (SSSR count). The summed E-state index contributed by atoms with van der Waals surface area (Å²) in [6.45, 7) is 3.06. The zero-order valence-corrected chi connectivity index (χ0v) is 15.1. The highest BCUT2D eigenvalue weighted by Gasteiger charge is 2.20. The first-order valence-electron chi connectivity index (χ1n) is 8.62. The summed E-state index contributed by atoms with van der Waals surface area (Å²) < 4.78 is 10.7. The number of para-hydroxylation sites is 1. The summed E-state index contributed by atoms with van der Waals surface area (Å²) in [6.07, 6.45) is 7.21. The number of hydrogen-bond acceptors (Lipinski definition) is 4. The Hall–Kier alpha value is -3.02. The third-order valence-corrected chi connectivity index (χ3v) is 4.50. The number of methoxy groups -OCH3 is 2. The third-order valence-electron chi connectivity index (χ3n) is 4.50. The minimum absolute atomic E-state index is 0.0101. The number of benzene rings is 1. The molecular weight excluding hydrogens is 330 g/mol. The normalized spacial score (nSPS) is 14.5. The molecule has 1 amide bonds. The Kier molecular flexibility index (Phi) is 5.73. The van der Waals surface area contributed by atoms with Crippen LogP contribution >= 0.6 is 0 Å². The summed E-state index contributed by atoms with van der Waals surface area (Å²) in [6, 6.07) is 9.70. The first-order valence-corrected chi connectivity index (χ1v) is 8.62. The van der Waals surface area contributed by atoms with Crippen LogP contribution in [-0.2, 0) is 4.79 Å². The van der Waals surface area contributed by atoms with Gasteiger partial charge in [-0.25, -0.2) is 4.98 Å². The lowest BCUT2D eigenvalue weighted by atomic mass is 10.1. The van der Waals surface area contributed by atoms with Crippen molar-refractivity contribution in [3.8, 4) is 11.5 Å². The Bertz CT molecular complexity index is 769. The average molecular weight is 354 g/mol. The maximum absolute atomic E-state index is 12.5. The van der Waals surface area contributed by atoms with Gasteiger partial charge in [0.1, 0.15) is 0 Å². The monoisotopic (exact) mass is 354 g/mol. The van der Waals surface area contributed by atoms with Crippen molar-refractivity contribution in [3.05, 3.63) is 54.4 Å². The number of H-pyrrole nitrogens is 1. The SMILES string of the molecule is COc1cccc(/C=C/C(=O)N2CCN(c3cc[nH+]cc3)CC2)c1OC. The van der Waals surface area contributed by atoms with E-state index in [1.165, 1.54) is 5.69 Å². The van der Waals surface area contributed by atoms with E-state index in [1.54, 1.807) is 26.4 Å². The van der Waals surface area contributed by atoms with Crippen molar-refractivity contribution in [1.29, 1.82) is 0 Å². The van der Waals surface area contributed by atoms with Crippen LogP contribution in [0.15, 0.2) is 48.8 Å². The average Bonchev–Trinajstić information content (AvgIpc) is 2.72. The second-order valence-electron chi connectivity index (χ2n) is 5.99. The van der Waals surface area contributed by atoms with E-state index in [0.717, 1.165) is 18.7 Å². The number of anilines is 1. The van der Waals surface area contributed by atoms with Crippen molar-refractivity contribution in [2.24, 2.45) is 0 Å². The minimum Gasteiger partial charge on any atom is -0.493 e. The number of pyridine rings is 1. The van der Waals surface area contributed by atoms with Crippen LogP contribution < -0.4 is 19.4 Å². The largest absolute Gasteiger partial charge is 0.493 e. The number of carbonyl (C=O) groups excluding carboxylic acids is 1. The number of ether oxygens (including phenoxy) is 2. The molecule has 6 nitrogen and oxygen atoms in total. The van der Waals surface area contributed by atoms with Crippen LogP contribution in [-0.4, -0.2) is 51.2 Å². The highest BCUT2D eigenvalue weighted by Crippen LogP contribution is 2.31. The zero-order chi connectivity index (χ0) is 18.4. The number of nitrogens with one attached hydrogen (secondary N) is 1. The Morgan fingerprint density at radius 1 is 1.04 bits per heavy atom. The molecule has 0 unspecified atom stereocenters. The number of amides is 1. The summed E-state index contributed by atoms with van der Waals surface area (Å²) >= 11 is 0. The van der Waals surface area contributed by atoms with Gasteiger partial charge in [0.25, 0.3) is 0 Å². The van der Waals surface area contributed by atoms with Gasteiger partial charge in [-0.2, -0.15) is 0 Å². The van der Waals surface area contributed by atoms with Crippen molar-refractivity contribution in [1.82, 2.24) is 4.90 Å². The second kappa shape index (κ2) is 8.38. The molecule has 6 heteroatoms. The van der Waals surface area contributed by atoms with Crippen LogP contribution in [0.1, 0.15) is 5.56 Å². The Balaban J connectivity index is 1.62. The van der Waals surface area contributed by atoms with E-state index in [-0.39, 0.29) is 5.91 Å². The molecule has 2 heterocycles. The fraction of sp³-hybridized carbons (Fsp3) is 0.300. The van der Waals surface area contributed by atoms with Gasteiger partial charge in [0.2, 0.25) is 5.91 Å². The van der Waals surface area contributed by atoms with E-state index in [2.05, 4.69) is 9.88 Å². The number of aromatic amines is 1. The molecular formula is C20H24N3O3+. The molecule has 0 aliphatic carbocycles. The Morgan fingerprint density at radius 2 is 1.77 bits per heavy atom. The van der Waals surface area contributed by atoms with Gasteiger partial charge in [-0.15, -0.1) is 0 Å². The minimum atomic E-state index is 0.0101. The molecule has 0 spiro atoms. The first kappa shape index (κ1) is 17.8. The summed E-state index contributed by atoms with van der Waals surface area (Å²) in [5.74, 6) is 1.29. The van der Waals surface area contributed by atoms with Crippen molar-refractivity contribution in [3.63, 3.8) is 0 Å². The molecule has 1 aliphatic heterocycles. The summed E-state index contributed by atoms with van der Waals surface area (Å²) in [5, 5.41) is 0. The number of carbonyl (C=O) groups is 1. The number of rotatable bonds is 5. The summed E-state index contributed by atoms with van der Waals surface area (Å²) in [4.78, 5) is 19.7. The van der Waals surface area contributed by atoms with E-state index < -0.39 is 0 Å². The molecule has 1 aromatic heterocycles. The smallest absolute Gasteiger partial charge is 0.246 e. The predicted molar refractivity (Wildman–Crippen MR) is 100 cm³/mol. The van der Waals surface area contributed by atoms with E-state index in [1.807, 2.05) is 47.6 Å². The lowest BCUT2D eigenvalue weighted by Crippen LogP contribution is -2.48. The molecule has 0 bridgehead atoms. The highest BCUT2D eigenvalue weighted by atomic mass is 16.5. The fourth-order valence-corrected chi connectivity index (χ4v) is 3.08. The van der Waals surface area contributed by atoms with E-state index in [0.29, 0.717) is 24.6 Å². The molecule has 26 heavy (non-hydrogen) atoms. The van der Waals surface area contributed by atoms with Gasteiger partial charge >= 0.3 is 0 Å². The Morgan fingerprint density at radius 3 is 2.42 bits per heavy atom. The van der Waals surface area contributed by atoms with Gasteiger partial charge < -0.3 is 19.3 Å². The molecule has 1 aromatic carbocycles. The van der Waals surface area contributed by atoms with Crippen molar-refractivity contribution >= 4 is 17.7 Å². The van der Waals surface area contributed by atoms with Crippen molar-refractivity contribution < 1.29 is 19.3 Å². The van der Waals surface area contributed by atoms with Gasteiger partial charge in [0.15, 0.2) is 23.9 Å². The molecule has 136 valence electrons. The van der Waals surface area contributed by atoms with E-state index in [9.17, 15) is 4.79 Å². The zero-order valence-electron chi connectivity index (χ0n) is 15.1. The van der Waals surface area contributed by atoms with Gasteiger partial charge in [-0.1, -0.05) is 12.1 Å². The standard InChI is InChI=1S/C20H23N3O3/c1-25-18-5-3-4-16(20(18)26-2)6-7-19(24)23-14-12-22(13-15-23)17-8-10-21-11-9-17/h3-11H,12-15H2,1-2H3/p+1/b7-6+. The molecule has 0 radical (unpaired) electrons.